The zero-order chi connectivity index (χ0) is 28.3. The molecule has 0 saturated heterocycles. The van der Waals surface area contributed by atoms with Crippen molar-refractivity contribution in [2.45, 2.75) is 33.2 Å². The van der Waals surface area contributed by atoms with Crippen molar-refractivity contribution in [3.05, 3.63) is 82.8 Å². The summed E-state index contributed by atoms with van der Waals surface area (Å²) < 4.78 is 30.4. The lowest BCUT2D eigenvalue weighted by Crippen LogP contribution is -2.21. The van der Waals surface area contributed by atoms with Crippen LogP contribution in [-0.2, 0) is 12.5 Å². The van der Waals surface area contributed by atoms with E-state index >= 15 is 0 Å². The van der Waals surface area contributed by atoms with E-state index in [0.717, 1.165) is 23.7 Å². The van der Waals surface area contributed by atoms with Crippen molar-refractivity contribution in [2.75, 3.05) is 37.1 Å². The molecule has 0 fully saturated rings. The van der Waals surface area contributed by atoms with Crippen molar-refractivity contribution in [2.24, 2.45) is 0 Å². The average Bonchev–Trinajstić information content (AvgIpc) is 3.24. The van der Waals surface area contributed by atoms with Crippen molar-refractivity contribution in [3.63, 3.8) is 0 Å². The van der Waals surface area contributed by atoms with Gasteiger partial charge in [-0.15, -0.1) is 0 Å². The number of hydrogen-bond acceptors (Lipinski definition) is 7. The summed E-state index contributed by atoms with van der Waals surface area (Å²) in [6, 6.07) is 13.4. The van der Waals surface area contributed by atoms with E-state index in [9.17, 15) is 13.6 Å². The standard InChI is InChI=1S/C28H32F2N8O/c1-17-7-9-20(34-27(39)21-12-19(15-37(5)6)8-10-22(21)28(3,29)30)13-23(17)35-26-11-18(2)36-38(26)25-14-24(31-4)32-16-33-25/h7-14,16,35H,15H2,1-6H3,(H,34,39)(H,31,32,33). The average molecular weight is 535 g/mol. The Kier molecular flexibility index (Phi) is 7.91. The molecule has 0 unspecified atom stereocenters. The Morgan fingerprint density at radius 3 is 2.51 bits per heavy atom. The highest BCUT2D eigenvalue weighted by atomic mass is 19.3. The lowest BCUT2D eigenvalue weighted by molar-refractivity contribution is 0.0165. The molecule has 0 saturated carbocycles. The van der Waals surface area contributed by atoms with Crippen LogP contribution in [0.3, 0.4) is 0 Å². The van der Waals surface area contributed by atoms with Crippen LogP contribution >= 0.6 is 0 Å². The maximum absolute atomic E-state index is 14.4. The molecule has 2 aromatic carbocycles. The number of nitrogens with one attached hydrogen (secondary N) is 3. The number of halogens is 2. The van der Waals surface area contributed by atoms with Gasteiger partial charge in [0.25, 0.3) is 11.8 Å². The molecule has 1 amide bonds. The Labute approximate surface area is 226 Å². The fourth-order valence-corrected chi connectivity index (χ4v) is 4.16. The Hall–Kier alpha value is -4.38. The predicted octanol–water partition coefficient (Wildman–Crippen LogP) is 5.49. The van der Waals surface area contributed by atoms with Crippen LogP contribution in [0.15, 0.2) is 54.9 Å². The number of hydrogen-bond donors (Lipinski definition) is 3. The fourth-order valence-electron chi connectivity index (χ4n) is 4.16. The molecule has 204 valence electrons. The van der Waals surface area contributed by atoms with Crippen LogP contribution < -0.4 is 16.0 Å². The van der Waals surface area contributed by atoms with Gasteiger partial charge >= 0.3 is 0 Å². The summed E-state index contributed by atoms with van der Waals surface area (Å²) in [5.41, 5.74) is 3.23. The number of aromatic nitrogens is 4. The fraction of sp³-hybridized carbons (Fsp3) is 0.286. The quantitative estimate of drug-likeness (QED) is 0.261. The van der Waals surface area contributed by atoms with E-state index in [1.807, 2.05) is 45.0 Å². The number of carbonyl (C=O) groups excluding carboxylic acids is 1. The van der Waals surface area contributed by atoms with Gasteiger partial charge in [-0.2, -0.15) is 9.78 Å². The third-order valence-corrected chi connectivity index (χ3v) is 6.02. The van der Waals surface area contributed by atoms with Gasteiger partial charge in [0.1, 0.15) is 18.0 Å². The molecule has 0 aliphatic rings. The van der Waals surface area contributed by atoms with Crippen molar-refractivity contribution in [1.82, 2.24) is 24.6 Å². The van der Waals surface area contributed by atoms with E-state index in [1.165, 1.54) is 18.5 Å². The van der Waals surface area contributed by atoms with E-state index in [0.29, 0.717) is 35.4 Å². The molecule has 9 nitrogen and oxygen atoms in total. The van der Waals surface area contributed by atoms with Gasteiger partial charge in [0.2, 0.25) is 0 Å². The van der Waals surface area contributed by atoms with Crippen LogP contribution in [-0.4, -0.2) is 51.7 Å². The number of nitrogens with zero attached hydrogens (tertiary/aromatic N) is 5. The first-order valence-corrected chi connectivity index (χ1v) is 12.4. The highest BCUT2D eigenvalue weighted by Crippen LogP contribution is 2.32. The lowest BCUT2D eigenvalue weighted by Gasteiger charge is -2.19. The topological polar surface area (TPSA) is 100 Å². The van der Waals surface area contributed by atoms with Gasteiger partial charge < -0.3 is 20.9 Å². The number of aryl methyl sites for hydroxylation is 2. The van der Waals surface area contributed by atoms with Gasteiger partial charge in [-0.3, -0.25) is 4.79 Å². The normalized spacial score (nSPS) is 11.5. The number of carbonyl (C=O) groups is 1. The molecular formula is C28H32F2N8O. The molecule has 11 heteroatoms. The van der Waals surface area contributed by atoms with Crippen LogP contribution in [0.25, 0.3) is 5.82 Å². The van der Waals surface area contributed by atoms with E-state index < -0.39 is 11.8 Å². The Bertz CT molecular complexity index is 1490. The highest BCUT2D eigenvalue weighted by Gasteiger charge is 2.30. The van der Waals surface area contributed by atoms with Crippen molar-refractivity contribution in [1.29, 1.82) is 0 Å². The molecule has 0 spiro atoms. The smallest absolute Gasteiger partial charge is 0.271 e. The zero-order valence-corrected chi connectivity index (χ0v) is 22.8. The molecule has 4 rings (SSSR count). The minimum absolute atomic E-state index is 0.0604. The summed E-state index contributed by atoms with van der Waals surface area (Å²) in [5, 5.41) is 13.7. The molecule has 2 aromatic heterocycles. The van der Waals surface area contributed by atoms with Crippen LogP contribution in [0.1, 0.15) is 39.7 Å². The molecule has 39 heavy (non-hydrogen) atoms. The van der Waals surface area contributed by atoms with Gasteiger partial charge in [0.15, 0.2) is 5.82 Å². The SMILES string of the molecule is CNc1cc(-n2nc(C)cc2Nc2cc(NC(=O)c3cc(CN(C)C)ccc3C(C)(F)F)ccc2C)ncn1. The number of amides is 1. The maximum Gasteiger partial charge on any atom is 0.271 e. The van der Waals surface area contributed by atoms with Crippen molar-refractivity contribution < 1.29 is 13.6 Å². The van der Waals surface area contributed by atoms with E-state index in [-0.39, 0.29) is 11.1 Å². The van der Waals surface area contributed by atoms with E-state index in [4.69, 9.17) is 0 Å². The molecule has 0 radical (unpaired) electrons. The van der Waals surface area contributed by atoms with E-state index in [2.05, 4.69) is 31.0 Å². The molecule has 0 aliphatic heterocycles. The molecule has 4 aromatic rings. The Morgan fingerprint density at radius 2 is 1.82 bits per heavy atom. The molecule has 0 atom stereocenters. The van der Waals surface area contributed by atoms with Gasteiger partial charge in [0.05, 0.1) is 5.69 Å². The van der Waals surface area contributed by atoms with Crippen molar-refractivity contribution in [3.8, 4) is 5.82 Å². The minimum Gasteiger partial charge on any atom is -0.373 e. The van der Waals surface area contributed by atoms with Gasteiger partial charge in [-0.1, -0.05) is 18.2 Å². The van der Waals surface area contributed by atoms with Crippen LogP contribution in [0.4, 0.5) is 31.8 Å². The zero-order valence-electron chi connectivity index (χ0n) is 22.8. The Morgan fingerprint density at radius 1 is 1.05 bits per heavy atom. The summed E-state index contributed by atoms with van der Waals surface area (Å²) in [4.78, 5) is 23.6. The summed E-state index contributed by atoms with van der Waals surface area (Å²) in [6.07, 6.45) is 1.45. The first kappa shape index (κ1) is 27.6. The molecule has 0 aliphatic carbocycles. The second kappa shape index (κ2) is 11.2. The molecular weight excluding hydrogens is 502 g/mol. The third-order valence-electron chi connectivity index (χ3n) is 6.02. The monoisotopic (exact) mass is 534 g/mol. The summed E-state index contributed by atoms with van der Waals surface area (Å²) in [5.74, 6) is -1.91. The number of anilines is 4. The van der Waals surface area contributed by atoms with Crippen molar-refractivity contribution >= 4 is 28.9 Å². The molecule has 3 N–H and O–H groups in total. The summed E-state index contributed by atoms with van der Waals surface area (Å²) in [6.45, 7) is 5.10. The molecule has 2 heterocycles. The largest absolute Gasteiger partial charge is 0.373 e. The lowest BCUT2D eigenvalue weighted by atomic mass is 9.98. The minimum atomic E-state index is -3.17. The first-order chi connectivity index (χ1) is 18.4. The summed E-state index contributed by atoms with van der Waals surface area (Å²) >= 11 is 0. The van der Waals surface area contributed by atoms with Crippen LogP contribution in [0, 0.1) is 13.8 Å². The van der Waals surface area contributed by atoms with E-state index in [1.54, 1.807) is 36.0 Å². The predicted molar refractivity (Wildman–Crippen MR) is 149 cm³/mol. The maximum atomic E-state index is 14.4. The second-order valence-electron chi connectivity index (χ2n) is 9.71. The second-order valence-corrected chi connectivity index (χ2v) is 9.71. The third kappa shape index (κ3) is 6.55. The Balaban J connectivity index is 1.63. The first-order valence-electron chi connectivity index (χ1n) is 12.4. The van der Waals surface area contributed by atoms with Gasteiger partial charge in [-0.25, -0.2) is 18.7 Å². The van der Waals surface area contributed by atoms with Gasteiger partial charge in [-0.05, 0) is 57.3 Å². The number of benzene rings is 2. The summed E-state index contributed by atoms with van der Waals surface area (Å²) in [7, 11) is 5.52. The van der Waals surface area contributed by atoms with Gasteiger partial charge in [0, 0.05) is 55.2 Å². The number of alkyl halides is 2. The van der Waals surface area contributed by atoms with Crippen LogP contribution in [0.2, 0.25) is 0 Å². The number of rotatable bonds is 9. The molecule has 0 bridgehead atoms. The van der Waals surface area contributed by atoms with Crippen LogP contribution in [0.5, 0.6) is 0 Å². The highest BCUT2D eigenvalue weighted by molar-refractivity contribution is 6.06.